The Hall–Kier alpha value is 0.160. The van der Waals surface area contributed by atoms with E-state index in [0.29, 0.717) is 6.54 Å². The minimum atomic E-state index is -3.62. The molecule has 6 heteroatoms. The number of hydrogen-bond donors (Lipinski definition) is 1. The van der Waals surface area contributed by atoms with Gasteiger partial charge in [0.15, 0.2) is 0 Å². The maximum absolute atomic E-state index is 10.8. The normalized spacial score (nSPS) is 15.3. The Kier molecular flexibility index (Phi) is 5.21. The first kappa shape index (κ1) is 13.2. The Morgan fingerprint density at radius 3 is 2.08 bits per heavy atom. The van der Waals surface area contributed by atoms with Gasteiger partial charge in [-0.05, 0) is 20.0 Å². The largest absolute Gasteiger partial charge is 0.308 e. The molecule has 80 valence electrons. The second-order valence-electron chi connectivity index (χ2n) is 3.67. The van der Waals surface area contributed by atoms with Crippen LogP contribution in [0.3, 0.4) is 0 Å². The SMILES string of the molecule is CC(C)C(CN(C)C)NS(=O)(=O)Cl. The lowest BCUT2D eigenvalue weighted by Crippen LogP contribution is -2.43. The van der Waals surface area contributed by atoms with Crippen molar-refractivity contribution in [2.45, 2.75) is 19.9 Å². The van der Waals surface area contributed by atoms with Crippen molar-refractivity contribution in [2.24, 2.45) is 5.92 Å². The zero-order valence-corrected chi connectivity index (χ0v) is 9.98. The molecular formula is C7H17ClN2O2S. The first-order valence-corrected chi connectivity index (χ1v) is 6.40. The van der Waals surface area contributed by atoms with Gasteiger partial charge >= 0.3 is 0 Å². The van der Waals surface area contributed by atoms with Crippen molar-refractivity contribution in [3.05, 3.63) is 0 Å². The maximum Gasteiger partial charge on any atom is 0.297 e. The molecule has 1 unspecified atom stereocenters. The highest BCUT2D eigenvalue weighted by Crippen LogP contribution is 2.05. The third-order valence-corrected chi connectivity index (χ3v) is 2.51. The fourth-order valence-electron chi connectivity index (χ4n) is 0.958. The van der Waals surface area contributed by atoms with Crippen LogP contribution >= 0.6 is 10.7 Å². The quantitative estimate of drug-likeness (QED) is 0.703. The molecule has 0 radical (unpaired) electrons. The highest BCUT2D eigenvalue weighted by Gasteiger charge is 2.19. The van der Waals surface area contributed by atoms with Crippen molar-refractivity contribution < 1.29 is 8.42 Å². The summed E-state index contributed by atoms with van der Waals surface area (Å²) in [6, 6.07) is -0.141. The van der Waals surface area contributed by atoms with E-state index in [1.54, 1.807) is 0 Å². The second-order valence-corrected chi connectivity index (χ2v) is 6.00. The zero-order chi connectivity index (χ0) is 10.6. The molecule has 0 amide bonds. The number of nitrogens with zero attached hydrogens (tertiary/aromatic N) is 1. The number of likely N-dealkylation sites (N-methyl/N-ethyl adjacent to an activating group) is 1. The summed E-state index contributed by atoms with van der Waals surface area (Å²) < 4.78 is 23.9. The summed E-state index contributed by atoms with van der Waals surface area (Å²) in [6.07, 6.45) is 0. The molecule has 13 heavy (non-hydrogen) atoms. The second kappa shape index (κ2) is 5.14. The number of halogens is 1. The van der Waals surface area contributed by atoms with E-state index >= 15 is 0 Å². The van der Waals surface area contributed by atoms with E-state index in [4.69, 9.17) is 10.7 Å². The Labute approximate surface area is 84.8 Å². The molecule has 0 heterocycles. The molecule has 0 fully saturated rings. The minimum Gasteiger partial charge on any atom is -0.308 e. The first-order valence-electron chi connectivity index (χ1n) is 4.09. The Bertz CT molecular complexity index is 239. The van der Waals surface area contributed by atoms with Crippen molar-refractivity contribution in [2.75, 3.05) is 20.6 Å². The molecule has 0 saturated heterocycles. The monoisotopic (exact) mass is 228 g/mol. The van der Waals surface area contributed by atoms with Gasteiger partial charge in [-0.1, -0.05) is 13.8 Å². The average Bonchev–Trinajstić information content (AvgIpc) is 1.81. The molecule has 0 aliphatic rings. The topological polar surface area (TPSA) is 49.4 Å². The van der Waals surface area contributed by atoms with Gasteiger partial charge in [-0.25, -0.2) is 0 Å². The third kappa shape index (κ3) is 7.25. The zero-order valence-electron chi connectivity index (χ0n) is 8.41. The van der Waals surface area contributed by atoms with Crippen molar-refractivity contribution >= 4 is 19.9 Å². The molecule has 0 bridgehead atoms. The molecular weight excluding hydrogens is 212 g/mol. The van der Waals surface area contributed by atoms with Crippen LogP contribution in [-0.2, 0) is 9.24 Å². The van der Waals surface area contributed by atoms with Crippen molar-refractivity contribution in [3.8, 4) is 0 Å². The van der Waals surface area contributed by atoms with Crippen LogP contribution in [0, 0.1) is 5.92 Å². The van der Waals surface area contributed by atoms with Crippen LogP contribution in [0.5, 0.6) is 0 Å². The van der Waals surface area contributed by atoms with Gasteiger partial charge in [0.05, 0.1) is 0 Å². The van der Waals surface area contributed by atoms with Gasteiger partial charge in [0.2, 0.25) is 0 Å². The fraction of sp³-hybridized carbons (Fsp3) is 1.00. The molecule has 1 atom stereocenters. The molecule has 0 aliphatic carbocycles. The lowest BCUT2D eigenvalue weighted by Gasteiger charge is -2.23. The fourth-order valence-corrected chi connectivity index (χ4v) is 2.01. The molecule has 0 saturated carbocycles. The van der Waals surface area contributed by atoms with E-state index in [1.165, 1.54) is 0 Å². The van der Waals surface area contributed by atoms with Gasteiger partial charge in [-0.15, -0.1) is 0 Å². The minimum absolute atomic E-state index is 0.141. The number of hydrogen-bond acceptors (Lipinski definition) is 3. The molecule has 0 rings (SSSR count). The maximum atomic E-state index is 10.8. The van der Waals surface area contributed by atoms with Crippen molar-refractivity contribution in [1.29, 1.82) is 0 Å². The predicted molar refractivity (Wildman–Crippen MR) is 55.1 cm³/mol. The molecule has 1 N–H and O–H groups in total. The lowest BCUT2D eigenvalue weighted by molar-refractivity contribution is 0.315. The Morgan fingerprint density at radius 1 is 1.38 bits per heavy atom. The molecule has 0 aromatic heterocycles. The average molecular weight is 229 g/mol. The van der Waals surface area contributed by atoms with E-state index in [-0.39, 0.29) is 12.0 Å². The Morgan fingerprint density at radius 2 is 1.85 bits per heavy atom. The van der Waals surface area contributed by atoms with Gasteiger partial charge in [0.1, 0.15) is 0 Å². The van der Waals surface area contributed by atoms with E-state index in [0.717, 1.165) is 0 Å². The van der Waals surface area contributed by atoms with Crippen LogP contribution in [0.1, 0.15) is 13.8 Å². The van der Waals surface area contributed by atoms with Crippen LogP contribution in [0.2, 0.25) is 0 Å². The smallest absolute Gasteiger partial charge is 0.297 e. The lowest BCUT2D eigenvalue weighted by atomic mass is 10.1. The standard InChI is InChI=1S/C7H17ClN2O2S/c1-6(2)7(5-10(3)4)9-13(8,11)12/h6-7,9H,5H2,1-4H3. The number of rotatable bonds is 5. The van der Waals surface area contributed by atoms with E-state index in [2.05, 4.69) is 4.72 Å². The molecule has 0 aliphatic heterocycles. The summed E-state index contributed by atoms with van der Waals surface area (Å²) in [5.41, 5.74) is 0. The first-order chi connectivity index (χ1) is 5.72. The summed E-state index contributed by atoms with van der Waals surface area (Å²) in [7, 11) is 5.25. The summed E-state index contributed by atoms with van der Waals surface area (Å²) in [4.78, 5) is 1.92. The van der Waals surface area contributed by atoms with Crippen LogP contribution in [0.4, 0.5) is 0 Å². The van der Waals surface area contributed by atoms with E-state index in [9.17, 15) is 8.42 Å². The highest BCUT2D eigenvalue weighted by atomic mass is 35.7. The van der Waals surface area contributed by atoms with Crippen LogP contribution in [-0.4, -0.2) is 40.0 Å². The highest BCUT2D eigenvalue weighted by molar-refractivity contribution is 8.12. The van der Waals surface area contributed by atoms with Gasteiger partial charge in [-0.3, -0.25) is 0 Å². The van der Waals surface area contributed by atoms with Crippen molar-refractivity contribution in [3.63, 3.8) is 0 Å². The Balaban J connectivity index is 4.28. The van der Waals surface area contributed by atoms with Crippen molar-refractivity contribution in [1.82, 2.24) is 9.62 Å². The van der Waals surface area contributed by atoms with Crippen LogP contribution < -0.4 is 4.72 Å². The molecule has 0 spiro atoms. The van der Waals surface area contributed by atoms with E-state index < -0.39 is 9.24 Å². The van der Waals surface area contributed by atoms with Gasteiger partial charge < -0.3 is 4.90 Å². The van der Waals surface area contributed by atoms with Gasteiger partial charge in [0, 0.05) is 23.3 Å². The summed E-state index contributed by atoms with van der Waals surface area (Å²) in [5.74, 6) is 0.218. The van der Waals surface area contributed by atoms with Crippen LogP contribution in [0.15, 0.2) is 0 Å². The summed E-state index contributed by atoms with van der Waals surface area (Å²) in [5, 5.41) is 0. The van der Waals surface area contributed by atoms with E-state index in [1.807, 2.05) is 32.8 Å². The summed E-state index contributed by atoms with van der Waals surface area (Å²) >= 11 is 0. The summed E-state index contributed by atoms with van der Waals surface area (Å²) in [6.45, 7) is 4.54. The molecule has 4 nitrogen and oxygen atoms in total. The molecule has 0 aromatic carbocycles. The van der Waals surface area contributed by atoms with Crippen LogP contribution in [0.25, 0.3) is 0 Å². The predicted octanol–water partition coefficient (Wildman–Crippen LogP) is 0.646. The number of nitrogens with one attached hydrogen (secondary N) is 1. The van der Waals surface area contributed by atoms with Gasteiger partial charge in [0.25, 0.3) is 9.24 Å². The van der Waals surface area contributed by atoms with Gasteiger partial charge in [-0.2, -0.15) is 13.1 Å². The third-order valence-electron chi connectivity index (χ3n) is 1.66. The molecule has 0 aromatic rings.